The van der Waals surface area contributed by atoms with E-state index in [2.05, 4.69) is 35.9 Å². The summed E-state index contributed by atoms with van der Waals surface area (Å²) in [4.78, 5) is 6.83. The van der Waals surface area contributed by atoms with Gasteiger partial charge in [-0.25, -0.2) is 4.98 Å². The van der Waals surface area contributed by atoms with Crippen molar-refractivity contribution >= 4 is 5.82 Å². The van der Waals surface area contributed by atoms with Crippen LogP contribution >= 0.6 is 0 Å². The zero-order valence-corrected chi connectivity index (χ0v) is 9.60. The summed E-state index contributed by atoms with van der Waals surface area (Å²) in [7, 11) is 0. The second kappa shape index (κ2) is 4.19. The Balaban J connectivity index is 2.16. The summed E-state index contributed by atoms with van der Waals surface area (Å²) in [6.45, 7) is 8.11. The minimum atomic E-state index is 0.288. The summed E-state index contributed by atoms with van der Waals surface area (Å²) in [5.74, 6) is 1.07. The molecule has 2 unspecified atom stereocenters. The molecule has 3 nitrogen and oxygen atoms in total. The Labute approximate surface area is 91.1 Å². The van der Waals surface area contributed by atoms with E-state index in [4.69, 9.17) is 4.74 Å². The van der Waals surface area contributed by atoms with Gasteiger partial charge in [0.15, 0.2) is 0 Å². The number of anilines is 1. The average molecular weight is 206 g/mol. The zero-order chi connectivity index (χ0) is 10.8. The molecule has 0 bridgehead atoms. The molecule has 1 fully saturated rings. The number of hydrogen-bond donors (Lipinski definition) is 0. The molecule has 1 saturated heterocycles. The Morgan fingerprint density at radius 2 is 1.93 bits per heavy atom. The van der Waals surface area contributed by atoms with Crippen molar-refractivity contribution < 1.29 is 4.74 Å². The average Bonchev–Trinajstić information content (AvgIpc) is 2.16. The molecule has 1 aromatic rings. The smallest absolute Gasteiger partial charge is 0.128 e. The number of hydrogen-bond acceptors (Lipinski definition) is 3. The van der Waals surface area contributed by atoms with Crippen molar-refractivity contribution in [1.82, 2.24) is 4.98 Å². The highest BCUT2D eigenvalue weighted by molar-refractivity contribution is 5.39. The lowest BCUT2D eigenvalue weighted by Gasteiger charge is -2.36. The van der Waals surface area contributed by atoms with Crippen molar-refractivity contribution in [2.24, 2.45) is 0 Å². The quantitative estimate of drug-likeness (QED) is 0.702. The molecule has 3 heteroatoms. The molecule has 2 atom stereocenters. The normalized spacial score (nSPS) is 26.7. The molecule has 15 heavy (non-hydrogen) atoms. The van der Waals surface area contributed by atoms with Crippen molar-refractivity contribution in [1.29, 1.82) is 0 Å². The van der Waals surface area contributed by atoms with Crippen molar-refractivity contribution in [2.75, 3.05) is 18.0 Å². The van der Waals surface area contributed by atoms with Gasteiger partial charge in [-0.15, -0.1) is 0 Å². The van der Waals surface area contributed by atoms with Crippen LogP contribution in [-0.4, -0.2) is 30.3 Å². The van der Waals surface area contributed by atoms with Crippen molar-refractivity contribution in [3.63, 3.8) is 0 Å². The molecule has 0 spiro atoms. The van der Waals surface area contributed by atoms with Crippen LogP contribution in [0, 0.1) is 6.92 Å². The third-order valence-corrected chi connectivity index (χ3v) is 2.62. The van der Waals surface area contributed by atoms with Crippen molar-refractivity contribution in [2.45, 2.75) is 33.0 Å². The Morgan fingerprint density at radius 3 is 2.53 bits per heavy atom. The van der Waals surface area contributed by atoms with Crippen molar-refractivity contribution in [3.05, 3.63) is 23.9 Å². The van der Waals surface area contributed by atoms with E-state index in [1.165, 1.54) is 0 Å². The number of aromatic nitrogens is 1. The van der Waals surface area contributed by atoms with E-state index in [1.807, 2.05) is 13.0 Å². The highest BCUT2D eigenvalue weighted by Crippen LogP contribution is 2.18. The molecule has 1 aliphatic rings. The lowest BCUT2D eigenvalue weighted by Crippen LogP contribution is -2.45. The van der Waals surface area contributed by atoms with Gasteiger partial charge >= 0.3 is 0 Å². The van der Waals surface area contributed by atoms with Crippen LogP contribution in [0.2, 0.25) is 0 Å². The first-order chi connectivity index (χ1) is 7.15. The summed E-state index contributed by atoms with van der Waals surface area (Å²) in [5, 5.41) is 0. The van der Waals surface area contributed by atoms with Crippen LogP contribution in [0.4, 0.5) is 5.82 Å². The SMILES string of the molecule is Cc1cccc(N2CC(C)OC(C)C2)n1. The Bertz CT molecular complexity index is 330. The highest BCUT2D eigenvalue weighted by atomic mass is 16.5. The topological polar surface area (TPSA) is 25.4 Å². The number of ether oxygens (including phenoxy) is 1. The molecular weight excluding hydrogens is 188 g/mol. The second-order valence-electron chi connectivity index (χ2n) is 4.30. The Morgan fingerprint density at radius 1 is 1.27 bits per heavy atom. The van der Waals surface area contributed by atoms with Gasteiger partial charge in [0.05, 0.1) is 12.2 Å². The molecule has 0 saturated carbocycles. The van der Waals surface area contributed by atoms with E-state index in [0.29, 0.717) is 0 Å². The van der Waals surface area contributed by atoms with Crippen LogP contribution in [-0.2, 0) is 4.74 Å². The van der Waals surface area contributed by atoms with Gasteiger partial charge in [-0.3, -0.25) is 0 Å². The van der Waals surface area contributed by atoms with Gasteiger partial charge < -0.3 is 9.64 Å². The third kappa shape index (κ3) is 2.48. The van der Waals surface area contributed by atoms with Crippen LogP contribution in [0.5, 0.6) is 0 Å². The second-order valence-corrected chi connectivity index (χ2v) is 4.30. The number of pyridine rings is 1. The number of nitrogens with zero attached hydrogens (tertiary/aromatic N) is 2. The van der Waals surface area contributed by atoms with Gasteiger partial charge in [-0.05, 0) is 32.9 Å². The van der Waals surface area contributed by atoms with E-state index in [1.54, 1.807) is 0 Å². The molecule has 1 aromatic heterocycles. The van der Waals surface area contributed by atoms with E-state index in [-0.39, 0.29) is 12.2 Å². The molecule has 1 aliphatic heterocycles. The molecule has 0 aliphatic carbocycles. The Hall–Kier alpha value is -1.09. The molecule has 0 amide bonds. The van der Waals surface area contributed by atoms with Crippen LogP contribution in [0.25, 0.3) is 0 Å². The van der Waals surface area contributed by atoms with Crippen LogP contribution in [0.15, 0.2) is 18.2 Å². The van der Waals surface area contributed by atoms with Crippen LogP contribution < -0.4 is 4.90 Å². The number of morpholine rings is 1. The molecule has 0 N–H and O–H groups in total. The first-order valence-corrected chi connectivity index (χ1v) is 5.49. The predicted octanol–water partition coefficient (Wildman–Crippen LogP) is 2.00. The molecular formula is C12H18N2O. The standard InChI is InChI=1S/C12H18N2O/c1-9-5-4-6-12(13-9)14-7-10(2)15-11(3)8-14/h4-6,10-11H,7-8H2,1-3H3. The summed E-state index contributed by atoms with van der Waals surface area (Å²) >= 11 is 0. The zero-order valence-electron chi connectivity index (χ0n) is 9.60. The van der Waals surface area contributed by atoms with Gasteiger partial charge in [0.25, 0.3) is 0 Å². The first-order valence-electron chi connectivity index (χ1n) is 5.49. The van der Waals surface area contributed by atoms with Gasteiger partial charge in [0.2, 0.25) is 0 Å². The van der Waals surface area contributed by atoms with Gasteiger partial charge in [-0.2, -0.15) is 0 Å². The maximum absolute atomic E-state index is 5.70. The number of rotatable bonds is 1. The van der Waals surface area contributed by atoms with Crippen LogP contribution in [0.1, 0.15) is 19.5 Å². The molecule has 2 heterocycles. The fourth-order valence-corrected chi connectivity index (χ4v) is 2.07. The molecule has 0 aromatic carbocycles. The van der Waals surface area contributed by atoms with E-state index >= 15 is 0 Å². The first kappa shape index (κ1) is 10.4. The molecule has 0 radical (unpaired) electrons. The fraction of sp³-hybridized carbons (Fsp3) is 0.583. The third-order valence-electron chi connectivity index (χ3n) is 2.62. The minimum absolute atomic E-state index is 0.288. The van der Waals surface area contributed by atoms with Gasteiger partial charge in [0.1, 0.15) is 5.82 Å². The molecule has 82 valence electrons. The lowest BCUT2D eigenvalue weighted by molar-refractivity contribution is -0.00546. The van der Waals surface area contributed by atoms with E-state index in [9.17, 15) is 0 Å². The largest absolute Gasteiger partial charge is 0.372 e. The summed E-state index contributed by atoms with van der Waals surface area (Å²) < 4.78 is 5.70. The van der Waals surface area contributed by atoms with E-state index < -0.39 is 0 Å². The lowest BCUT2D eigenvalue weighted by atomic mass is 10.2. The monoisotopic (exact) mass is 206 g/mol. The Kier molecular flexibility index (Phi) is 2.91. The maximum atomic E-state index is 5.70. The summed E-state index contributed by atoms with van der Waals surface area (Å²) in [6, 6.07) is 6.15. The van der Waals surface area contributed by atoms with Crippen LogP contribution in [0.3, 0.4) is 0 Å². The fourth-order valence-electron chi connectivity index (χ4n) is 2.07. The molecule has 2 rings (SSSR count). The van der Waals surface area contributed by atoms with Gasteiger partial charge in [-0.1, -0.05) is 6.07 Å². The minimum Gasteiger partial charge on any atom is -0.372 e. The van der Waals surface area contributed by atoms with E-state index in [0.717, 1.165) is 24.6 Å². The van der Waals surface area contributed by atoms with Crippen molar-refractivity contribution in [3.8, 4) is 0 Å². The highest BCUT2D eigenvalue weighted by Gasteiger charge is 2.22. The maximum Gasteiger partial charge on any atom is 0.128 e. The summed E-state index contributed by atoms with van der Waals surface area (Å²) in [5.41, 5.74) is 1.07. The summed E-state index contributed by atoms with van der Waals surface area (Å²) in [6.07, 6.45) is 0.576. The predicted molar refractivity (Wildman–Crippen MR) is 61.2 cm³/mol. The number of aryl methyl sites for hydroxylation is 1. The van der Waals surface area contributed by atoms with Gasteiger partial charge in [0, 0.05) is 18.8 Å².